The van der Waals surface area contributed by atoms with Gasteiger partial charge in [0.05, 0.1) is 17.1 Å². The average molecular weight is 369 g/mol. The van der Waals surface area contributed by atoms with Gasteiger partial charge in [-0.1, -0.05) is 48.5 Å². The fourth-order valence-electron chi connectivity index (χ4n) is 2.95. The van der Waals surface area contributed by atoms with Crippen molar-refractivity contribution in [3.63, 3.8) is 0 Å². The van der Waals surface area contributed by atoms with Crippen LogP contribution in [0.3, 0.4) is 0 Å². The van der Waals surface area contributed by atoms with Crippen molar-refractivity contribution >= 4 is 10.0 Å². The zero-order valence-electron chi connectivity index (χ0n) is 15.3. The summed E-state index contributed by atoms with van der Waals surface area (Å²) in [5, 5.41) is 4.61. The average Bonchev–Trinajstić information content (AvgIpc) is 2.90. The summed E-state index contributed by atoms with van der Waals surface area (Å²) < 4.78 is 28.8. The van der Waals surface area contributed by atoms with Crippen LogP contribution in [0.5, 0.6) is 0 Å². The highest BCUT2D eigenvalue weighted by Gasteiger charge is 2.23. The fraction of sp³-hybridized carbons (Fsp3) is 0.250. The molecule has 0 saturated heterocycles. The molecule has 1 heterocycles. The molecular formula is C20H23N3O2S. The van der Waals surface area contributed by atoms with Crippen LogP contribution in [-0.2, 0) is 23.1 Å². The molecule has 0 spiro atoms. The Labute approximate surface area is 154 Å². The molecule has 0 radical (unpaired) electrons. The highest BCUT2D eigenvalue weighted by Crippen LogP contribution is 2.21. The topological polar surface area (TPSA) is 55.2 Å². The Bertz CT molecular complexity index is 981. The van der Waals surface area contributed by atoms with Crippen LogP contribution in [0.25, 0.3) is 0 Å². The lowest BCUT2D eigenvalue weighted by molar-refractivity contribution is 0.465. The summed E-state index contributed by atoms with van der Waals surface area (Å²) in [6.45, 7) is 4.88. The monoisotopic (exact) mass is 369 g/mol. The smallest absolute Gasteiger partial charge is 0.243 e. The van der Waals surface area contributed by atoms with Crippen molar-refractivity contribution in [1.82, 2.24) is 14.1 Å². The number of aromatic nitrogens is 2. The van der Waals surface area contributed by atoms with E-state index in [0.29, 0.717) is 18.0 Å². The van der Waals surface area contributed by atoms with Crippen LogP contribution in [0, 0.1) is 13.8 Å². The highest BCUT2D eigenvalue weighted by atomic mass is 32.2. The van der Waals surface area contributed by atoms with Gasteiger partial charge in [-0.05, 0) is 31.5 Å². The van der Waals surface area contributed by atoms with E-state index < -0.39 is 10.0 Å². The Balaban J connectivity index is 1.84. The predicted molar refractivity (Wildman–Crippen MR) is 102 cm³/mol. The molecule has 0 amide bonds. The number of nitrogens with zero attached hydrogens (tertiary/aromatic N) is 3. The number of aryl methyl sites for hydroxylation is 1. The van der Waals surface area contributed by atoms with E-state index in [9.17, 15) is 8.42 Å². The van der Waals surface area contributed by atoms with Crippen LogP contribution in [0.1, 0.15) is 22.5 Å². The zero-order valence-corrected chi connectivity index (χ0v) is 16.1. The van der Waals surface area contributed by atoms with Crippen molar-refractivity contribution < 1.29 is 8.42 Å². The quantitative estimate of drug-likeness (QED) is 0.669. The van der Waals surface area contributed by atoms with Crippen molar-refractivity contribution in [2.45, 2.75) is 31.8 Å². The van der Waals surface area contributed by atoms with Crippen molar-refractivity contribution in [3.05, 3.63) is 83.2 Å². The molecule has 5 nitrogen and oxygen atoms in total. The maximum atomic E-state index is 12.8. The minimum absolute atomic E-state index is 0.295. The second-order valence-corrected chi connectivity index (χ2v) is 8.41. The van der Waals surface area contributed by atoms with Gasteiger partial charge in [-0.25, -0.2) is 8.42 Å². The van der Waals surface area contributed by atoms with Gasteiger partial charge in [-0.3, -0.25) is 4.68 Å². The second kappa shape index (κ2) is 7.43. The third-order valence-corrected chi connectivity index (χ3v) is 6.36. The van der Waals surface area contributed by atoms with Gasteiger partial charge in [0.1, 0.15) is 0 Å². The first-order valence-corrected chi connectivity index (χ1v) is 9.92. The molecule has 1 aromatic heterocycles. The summed E-state index contributed by atoms with van der Waals surface area (Å²) in [7, 11) is -1.92. The number of hydrogen-bond acceptors (Lipinski definition) is 3. The van der Waals surface area contributed by atoms with Gasteiger partial charge in [-0.2, -0.15) is 9.40 Å². The van der Waals surface area contributed by atoms with Gasteiger partial charge in [0.2, 0.25) is 10.0 Å². The van der Waals surface area contributed by atoms with Crippen molar-refractivity contribution in [2.75, 3.05) is 7.05 Å². The van der Waals surface area contributed by atoms with Crippen LogP contribution in [-0.4, -0.2) is 29.6 Å². The zero-order chi connectivity index (χ0) is 18.7. The summed E-state index contributed by atoms with van der Waals surface area (Å²) in [6, 6.07) is 18.6. The number of sulfonamides is 1. The lowest BCUT2D eigenvalue weighted by Gasteiger charge is -2.17. The number of benzene rings is 2. The molecule has 0 aliphatic rings. The van der Waals surface area contributed by atoms with E-state index in [1.54, 1.807) is 37.4 Å². The van der Waals surface area contributed by atoms with Crippen LogP contribution in [0.4, 0.5) is 0 Å². The molecule has 0 N–H and O–H groups in total. The molecule has 0 aliphatic heterocycles. The van der Waals surface area contributed by atoms with Crippen molar-refractivity contribution in [2.24, 2.45) is 0 Å². The summed E-state index contributed by atoms with van der Waals surface area (Å²) in [5.41, 5.74) is 3.95. The minimum atomic E-state index is -3.52. The van der Waals surface area contributed by atoms with Crippen LogP contribution < -0.4 is 0 Å². The molecule has 3 aromatic rings. The van der Waals surface area contributed by atoms with Crippen LogP contribution in [0.2, 0.25) is 0 Å². The van der Waals surface area contributed by atoms with Gasteiger partial charge in [0.15, 0.2) is 0 Å². The Morgan fingerprint density at radius 1 is 0.962 bits per heavy atom. The molecule has 2 aromatic carbocycles. The van der Waals surface area contributed by atoms with E-state index >= 15 is 0 Å². The first-order valence-electron chi connectivity index (χ1n) is 8.48. The lowest BCUT2D eigenvalue weighted by Crippen LogP contribution is -2.27. The van der Waals surface area contributed by atoms with E-state index in [-0.39, 0.29) is 0 Å². The molecule has 3 rings (SSSR count). The number of rotatable bonds is 6. The summed E-state index contributed by atoms with van der Waals surface area (Å²) in [5.74, 6) is 0. The van der Waals surface area contributed by atoms with Crippen LogP contribution >= 0.6 is 0 Å². The standard InChI is InChI=1S/C20H23N3O2S/c1-16-20(15-22(3)26(24,25)19-12-8-5-9-13-19)17(2)23(21-16)14-18-10-6-4-7-11-18/h4-13H,14-15H2,1-3H3. The van der Waals surface area contributed by atoms with Gasteiger partial charge in [-0.15, -0.1) is 0 Å². The molecule has 0 bridgehead atoms. The molecule has 0 unspecified atom stereocenters. The normalized spacial score (nSPS) is 11.8. The Hall–Kier alpha value is -2.44. The second-order valence-electron chi connectivity index (χ2n) is 6.37. The third kappa shape index (κ3) is 3.71. The Morgan fingerprint density at radius 3 is 2.15 bits per heavy atom. The SMILES string of the molecule is Cc1nn(Cc2ccccc2)c(C)c1CN(C)S(=O)(=O)c1ccccc1. The number of hydrogen-bond donors (Lipinski definition) is 0. The van der Waals surface area contributed by atoms with Crippen LogP contribution in [0.15, 0.2) is 65.6 Å². The van der Waals surface area contributed by atoms with Crippen molar-refractivity contribution in [1.29, 1.82) is 0 Å². The molecule has 0 saturated carbocycles. The maximum absolute atomic E-state index is 12.8. The van der Waals surface area contributed by atoms with E-state index in [1.165, 1.54) is 4.31 Å². The van der Waals surface area contributed by atoms with Gasteiger partial charge in [0, 0.05) is 24.8 Å². The Morgan fingerprint density at radius 2 is 1.54 bits per heavy atom. The van der Waals surface area contributed by atoms with Gasteiger partial charge >= 0.3 is 0 Å². The molecule has 0 aliphatic carbocycles. The predicted octanol–water partition coefficient (Wildman–Crippen LogP) is 3.37. The molecule has 26 heavy (non-hydrogen) atoms. The van der Waals surface area contributed by atoms with E-state index in [1.807, 2.05) is 36.7 Å². The summed E-state index contributed by atoms with van der Waals surface area (Å²) in [6.07, 6.45) is 0. The molecular weight excluding hydrogens is 346 g/mol. The van der Waals surface area contributed by atoms with Gasteiger partial charge in [0.25, 0.3) is 0 Å². The molecule has 0 fully saturated rings. The lowest BCUT2D eigenvalue weighted by atomic mass is 10.2. The van der Waals surface area contributed by atoms with E-state index in [0.717, 1.165) is 22.5 Å². The van der Waals surface area contributed by atoms with E-state index in [2.05, 4.69) is 17.2 Å². The van der Waals surface area contributed by atoms with Crippen molar-refractivity contribution in [3.8, 4) is 0 Å². The third-order valence-electron chi connectivity index (χ3n) is 4.54. The molecule has 0 atom stereocenters. The van der Waals surface area contributed by atoms with Gasteiger partial charge < -0.3 is 0 Å². The fourth-order valence-corrected chi connectivity index (χ4v) is 4.11. The summed E-state index contributed by atoms with van der Waals surface area (Å²) >= 11 is 0. The highest BCUT2D eigenvalue weighted by molar-refractivity contribution is 7.89. The maximum Gasteiger partial charge on any atom is 0.243 e. The minimum Gasteiger partial charge on any atom is -0.265 e. The largest absolute Gasteiger partial charge is 0.265 e. The van der Waals surface area contributed by atoms with E-state index in [4.69, 9.17) is 0 Å². The molecule has 6 heteroatoms. The first kappa shape index (κ1) is 18.4. The Kier molecular flexibility index (Phi) is 5.25. The molecule has 136 valence electrons. The first-order chi connectivity index (χ1) is 12.4. The summed E-state index contributed by atoms with van der Waals surface area (Å²) in [4.78, 5) is 0.300.